The van der Waals surface area contributed by atoms with Crippen molar-refractivity contribution in [3.05, 3.63) is 29.8 Å². The minimum atomic E-state index is -3.59. The van der Waals surface area contributed by atoms with Crippen LogP contribution in [0.5, 0.6) is 0 Å². The Bertz CT molecular complexity index is 873. The number of fused-ring (bicyclic) bond motifs is 1. The number of carbonyl (C=O) groups is 2. The zero-order chi connectivity index (χ0) is 20.1. The normalized spacial score (nSPS) is 24.2. The second-order valence-electron chi connectivity index (χ2n) is 7.27. The summed E-state index contributed by atoms with van der Waals surface area (Å²) in [5.74, 6) is 0.0687. The van der Waals surface area contributed by atoms with Gasteiger partial charge in [0.25, 0.3) is 15.9 Å². The van der Waals surface area contributed by atoms with Crippen LogP contribution in [0.1, 0.15) is 44.6 Å². The van der Waals surface area contributed by atoms with Crippen LogP contribution >= 0.6 is 0 Å². The molecular weight excluding hydrogens is 382 g/mol. The smallest absolute Gasteiger partial charge is 0.308 e. The zero-order valence-electron chi connectivity index (χ0n) is 15.8. The number of nitrogens with zero attached hydrogens (tertiary/aromatic N) is 1. The van der Waals surface area contributed by atoms with Crippen LogP contribution in [0.15, 0.2) is 34.2 Å². The molecule has 1 heterocycles. The van der Waals surface area contributed by atoms with E-state index < -0.39 is 16.0 Å². The molecule has 0 spiro atoms. The molecule has 1 aromatic carbocycles. The maximum Gasteiger partial charge on any atom is 0.308 e. The number of amidine groups is 1. The van der Waals surface area contributed by atoms with Crippen molar-refractivity contribution >= 4 is 27.7 Å². The topological polar surface area (TPSA) is 114 Å². The lowest BCUT2D eigenvalue weighted by Gasteiger charge is -2.26. The minimum absolute atomic E-state index is 0.0401. The number of hydrogen-bond acceptors (Lipinski definition) is 6. The molecule has 1 aliphatic heterocycles. The first kappa shape index (κ1) is 20.3. The van der Waals surface area contributed by atoms with E-state index in [0.717, 1.165) is 25.7 Å². The van der Waals surface area contributed by atoms with Crippen molar-refractivity contribution in [3.63, 3.8) is 0 Å². The zero-order valence-corrected chi connectivity index (χ0v) is 16.6. The second kappa shape index (κ2) is 8.72. The lowest BCUT2D eigenvalue weighted by molar-refractivity contribution is -0.148. The summed E-state index contributed by atoms with van der Waals surface area (Å²) in [5.41, 5.74) is 0.483. The van der Waals surface area contributed by atoms with Crippen molar-refractivity contribution in [2.24, 2.45) is 10.9 Å². The summed E-state index contributed by atoms with van der Waals surface area (Å²) < 4.78 is 31.3. The van der Waals surface area contributed by atoms with Crippen molar-refractivity contribution in [3.8, 4) is 0 Å². The van der Waals surface area contributed by atoms with Crippen LogP contribution in [0.4, 0.5) is 0 Å². The van der Waals surface area contributed by atoms with Gasteiger partial charge in [-0.2, -0.15) is 0 Å². The fraction of sp³-hybridized carbons (Fsp3) is 0.526. The van der Waals surface area contributed by atoms with Gasteiger partial charge in [-0.3, -0.25) is 19.3 Å². The first-order valence-electron chi connectivity index (χ1n) is 9.47. The van der Waals surface area contributed by atoms with Crippen LogP contribution in [-0.2, 0) is 24.3 Å². The average Bonchev–Trinajstić information content (AvgIpc) is 2.93. The molecule has 8 nitrogen and oxygen atoms in total. The molecule has 1 amide bonds. The van der Waals surface area contributed by atoms with Crippen LogP contribution in [-0.4, -0.2) is 45.3 Å². The molecule has 0 aromatic heterocycles. The van der Waals surface area contributed by atoms with Gasteiger partial charge >= 0.3 is 5.97 Å². The van der Waals surface area contributed by atoms with Gasteiger partial charge in [-0.15, -0.1) is 0 Å². The Hall–Kier alpha value is -2.42. The van der Waals surface area contributed by atoms with Gasteiger partial charge in [0, 0.05) is 11.6 Å². The maximum absolute atomic E-state index is 12.0. The monoisotopic (exact) mass is 407 g/mol. The van der Waals surface area contributed by atoms with Crippen molar-refractivity contribution < 1.29 is 22.7 Å². The van der Waals surface area contributed by atoms with Gasteiger partial charge in [-0.25, -0.2) is 8.42 Å². The fourth-order valence-electron chi connectivity index (χ4n) is 3.40. The highest BCUT2D eigenvalue weighted by Crippen LogP contribution is 2.23. The van der Waals surface area contributed by atoms with Gasteiger partial charge in [0.15, 0.2) is 6.61 Å². The Morgan fingerprint density at radius 1 is 1.21 bits per heavy atom. The van der Waals surface area contributed by atoms with E-state index >= 15 is 0 Å². The second-order valence-corrected chi connectivity index (χ2v) is 8.92. The van der Waals surface area contributed by atoms with Gasteiger partial charge in [0.2, 0.25) is 0 Å². The molecule has 1 saturated carbocycles. The maximum atomic E-state index is 12.0. The van der Waals surface area contributed by atoms with E-state index in [1.165, 1.54) is 6.07 Å². The highest BCUT2D eigenvalue weighted by atomic mass is 32.2. The summed E-state index contributed by atoms with van der Waals surface area (Å²) in [4.78, 5) is 28.0. The summed E-state index contributed by atoms with van der Waals surface area (Å²) in [6.45, 7) is 1.96. The van der Waals surface area contributed by atoms with Gasteiger partial charge in [-0.1, -0.05) is 19.1 Å². The third kappa shape index (κ3) is 5.09. The van der Waals surface area contributed by atoms with E-state index in [2.05, 4.69) is 22.0 Å². The SMILES string of the molecule is CC1CCC(NC(=O)COC(=O)CCN=C2NS(=O)(=O)c3ccccc32)CC1. The van der Waals surface area contributed by atoms with Crippen molar-refractivity contribution in [1.29, 1.82) is 0 Å². The van der Waals surface area contributed by atoms with E-state index in [9.17, 15) is 18.0 Å². The summed E-state index contributed by atoms with van der Waals surface area (Å²) in [6.07, 6.45) is 4.06. The minimum Gasteiger partial charge on any atom is -0.456 e. The van der Waals surface area contributed by atoms with E-state index in [1.54, 1.807) is 18.2 Å². The molecule has 28 heavy (non-hydrogen) atoms. The molecule has 152 valence electrons. The lowest BCUT2D eigenvalue weighted by atomic mass is 9.87. The number of carbonyl (C=O) groups excluding carboxylic acids is 2. The first-order chi connectivity index (χ1) is 13.3. The number of rotatable bonds is 6. The largest absolute Gasteiger partial charge is 0.456 e. The van der Waals surface area contributed by atoms with E-state index in [4.69, 9.17) is 4.74 Å². The van der Waals surface area contributed by atoms with Crippen molar-refractivity contribution in [1.82, 2.24) is 10.0 Å². The number of sulfonamides is 1. The molecule has 2 aliphatic rings. The third-order valence-corrected chi connectivity index (χ3v) is 6.39. The predicted molar refractivity (Wildman–Crippen MR) is 103 cm³/mol. The summed E-state index contributed by atoms with van der Waals surface area (Å²) in [7, 11) is -3.59. The third-order valence-electron chi connectivity index (χ3n) is 4.99. The van der Waals surface area contributed by atoms with Crippen LogP contribution in [0.3, 0.4) is 0 Å². The fourth-order valence-corrected chi connectivity index (χ4v) is 4.65. The van der Waals surface area contributed by atoms with Crippen molar-refractivity contribution in [2.75, 3.05) is 13.2 Å². The number of amides is 1. The van der Waals surface area contributed by atoms with E-state index in [1.807, 2.05) is 0 Å². The van der Waals surface area contributed by atoms with Gasteiger partial charge < -0.3 is 10.1 Å². The van der Waals surface area contributed by atoms with E-state index in [0.29, 0.717) is 11.5 Å². The quantitative estimate of drug-likeness (QED) is 0.691. The Labute approximate surface area is 164 Å². The van der Waals surface area contributed by atoms with Crippen LogP contribution < -0.4 is 10.0 Å². The summed E-state index contributed by atoms with van der Waals surface area (Å²) >= 11 is 0. The average molecular weight is 407 g/mol. The molecular formula is C19H25N3O5S. The first-order valence-corrected chi connectivity index (χ1v) is 10.9. The van der Waals surface area contributed by atoms with Gasteiger partial charge in [0.05, 0.1) is 17.9 Å². The lowest BCUT2D eigenvalue weighted by Crippen LogP contribution is -2.39. The highest BCUT2D eigenvalue weighted by Gasteiger charge is 2.30. The Kier molecular flexibility index (Phi) is 6.33. The van der Waals surface area contributed by atoms with Crippen LogP contribution in [0.2, 0.25) is 0 Å². The summed E-state index contributed by atoms with van der Waals surface area (Å²) in [6, 6.07) is 6.67. The number of nitrogens with one attached hydrogen (secondary N) is 2. The molecule has 1 aliphatic carbocycles. The van der Waals surface area contributed by atoms with Gasteiger partial charge in [-0.05, 0) is 43.7 Å². The molecule has 0 atom stereocenters. The van der Waals surface area contributed by atoms with Crippen molar-refractivity contribution in [2.45, 2.75) is 50.0 Å². The highest BCUT2D eigenvalue weighted by molar-refractivity contribution is 7.90. The van der Waals surface area contributed by atoms with Crippen LogP contribution in [0.25, 0.3) is 0 Å². The Balaban J connectivity index is 1.42. The molecule has 0 saturated heterocycles. The summed E-state index contributed by atoms with van der Waals surface area (Å²) in [5, 5.41) is 2.90. The standard InChI is InChI=1S/C19H25N3O5S/c1-13-6-8-14(9-7-13)21-17(23)12-27-18(24)10-11-20-19-15-4-2-3-5-16(15)28(25,26)22-19/h2-5,13-14H,6-12H2,1H3,(H,20,22)(H,21,23). The Morgan fingerprint density at radius 3 is 2.68 bits per heavy atom. The number of hydrogen-bond donors (Lipinski definition) is 2. The molecule has 2 N–H and O–H groups in total. The number of esters is 1. The van der Waals surface area contributed by atoms with Crippen LogP contribution in [0, 0.1) is 5.92 Å². The molecule has 1 aromatic rings. The molecule has 0 bridgehead atoms. The number of benzene rings is 1. The van der Waals surface area contributed by atoms with Gasteiger partial charge in [0.1, 0.15) is 5.84 Å². The molecule has 3 rings (SSSR count). The molecule has 0 unspecified atom stereocenters. The molecule has 9 heteroatoms. The number of aliphatic imine (C=N–C) groups is 1. The predicted octanol–water partition coefficient (Wildman–Crippen LogP) is 1.35. The molecule has 0 radical (unpaired) electrons. The van der Waals surface area contributed by atoms with E-state index in [-0.39, 0.29) is 42.3 Å². The molecule has 1 fully saturated rings. The number of ether oxygens (including phenoxy) is 1. The Morgan fingerprint density at radius 2 is 1.93 bits per heavy atom.